The van der Waals surface area contributed by atoms with Crippen molar-refractivity contribution in [1.82, 2.24) is 4.90 Å². The second-order valence-corrected chi connectivity index (χ2v) is 8.90. The molecule has 34 heavy (non-hydrogen) atoms. The lowest BCUT2D eigenvalue weighted by Gasteiger charge is -2.36. The van der Waals surface area contributed by atoms with Crippen LogP contribution < -0.4 is 24.4 Å². The molecule has 1 N–H and O–H groups in total. The van der Waals surface area contributed by atoms with Crippen LogP contribution in [-0.4, -0.2) is 69.9 Å². The summed E-state index contributed by atoms with van der Waals surface area (Å²) in [6.45, 7) is 1.36. The van der Waals surface area contributed by atoms with Crippen molar-refractivity contribution in [3.63, 3.8) is 0 Å². The molecule has 1 fully saturated rings. The number of ether oxygens (including phenoxy) is 2. The Balaban J connectivity index is 1.77. The Kier molecular flexibility index (Phi) is 5.09. The van der Waals surface area contributed by atoms with Crippen molar-refractivity contribution in [3.05, 3.63) is 59.2 Å². The topological polar surface area (TPSA) is 104 Å². The number of nitrogens with one attached hydrogen (secondary N) is 1. The summed E-state index contributed by atoms with van der Waals surface area (Å²) in [5.41, 5.74) is -0.982. The molecular formula is C25H25N3O6. The first-order chi connectivity index (χ1) is 16.3. The van der Waals surface area contributed by atoms with Gasteiger partial charge in [0.05, 0.1) is 27.2 Å². The normalized spacial score (nSPS) is 22.8. The minimum atomic E-state index is -1.81. The number of benzene rings is 2. The molecule has 1 spiro atoms. The van der Waals surface area contributed by atoms with Crippen LogP contribution in [0.25, 0.3) is 5.76 Å². The molecule has 3 aliphatic heterocycles. The molecule has 0 bridgehead atoms. The highest BCUT2D eigenvalue weighted by Crippen LogP contribution is 2.52. The maximum Gasteiger partial charge on any atom is 0.296 e. The van der Waals surface area contributed by atoms with Crippen molar-refractivity contribution in [3.8, 4) is 11.5 Å². The zero-order valence-corrected chi connectivity index (χ0v) is 19.2. The third-order valence-corrected chi connectivity index (χ3v) is 6.57. The number of fused-ring (bicyclic) bond motifs is 3. The maximum atomic E-state index is 13.9. The Morgan fingerprint density at radius 3 is 2.50 bits per heavy atom. The number of Topliss-reactive ketones (excluding diaryl/α,β-unsaturated/α-hetero) is 1. The number of para-hydroxylation sites is 1. The highest BCUT2D eigenvalue weighted by atomic mass is 16.6. The van der Waals surface area contributed by atoms with E-state index in [9.17, 15) is 19.5 Å². The van der Waals surface area contributed by atoms with E-state index in [1.54, 1.807) is 37.4 Å². The number of likely N-dealkylation sites (N-methyl/N-ethyl adjacent to an activating group) is 2. The maximum absolute atomic E-state index is 13.9. The number of hydrogen-bond acceptors (Lipinski definition) is 6. The predicted molar refractivity (Wildman–Crippen MR) is 120 cm³/mol. The van der Waals surface area contributed by atoms with E-state index in [1.807, 2.05) is 14.1 Å². The first-order valence-corrected chi connectivity index (χ1v) is 11.1. The second kappa shape index (κ2) is 7.88. The number of carbonyl (C=O) groups is 3. The van der Waals surface area contributed by atoms with Crippen molar-refractivity contribution >= 4 is 29.0 Å². The third-order valence-electron chi connectivity index (χ3n) is 6.57. The summed E-state index contributed by atoms with van der Waals surface area (Å²) in [5.74, 6) is -2.09. The van der Waals surface area contributed by atoms with Crippen LogP contribution in [-0.2, 0) is 19.9 Å². The van der Waals surface area contributed by atoms with E-state index in [0.29, 0.717) is 42.5 Å². The number of amides is 2. The van der Waals surface area contributed by atoms with Gasteiger partial charge in [0, 0.05) is 23.9 Å². The van der Waals surface area contributed by atoms with Gasteiger partial charge in [0.25, 0.3) is 11.8 Å². The standard InChI is InChI=1S/C25H25N3O6/c1-26(2)10-11-28-23(31)22(30)20(21(29)15-8-9-18-19(14-15)34-13-12-33-18)25(28)16-6-4-5-7-17(16)27(3)24(25)32/h4-9,14,29H,10-13H2,1-3H3/b21-20-. The second-order valence-electron chi connectivity index (χ2n) is 8.90. The first-order valence-electron chi connectivity index (χ1n) is 11.1. The minimum absolute atomic E-state index is 0.138. The number of quaternary nitrogens is 1. The van der Waals surface area contributed by atoms with Crippen LogP contribution in [0.5, 0.6) is 11.5 Å². The van der Waals surface area contributed by atoms with Gasteiger partial charge in [-0.3, -0.25) is 14.4 Å². The number of likely N-dealkylation sites (tertiary alicyclic amines) is 1. The number of anilines is 1. The summed E-state index contributed by atoms with van der Waals surface area (Å²) in [5, 5.41) is 13.9. The van der Waals surface area contributed by atoms with E-state index < -0.39 is 28.9 Å². The van der Waals surface area contributed by atoms with Gasteiger partial charge < -0.3 is 29.3 Å². The molecular weight excluding hydrogens is 438 g/mol. The molecule has 2 amide bonds. The smallest absolute Gasteiger partial charge is 0.296 e. The van der Waals surface area contributed by atoms with Gasteiger partial charge in [-0.05, 0) is 23.8 Å². The average Bonchev–Trinajstić information content (AvgIpc) is 3.20. The van der Waals surface area contributed by atoms with Gasteiger partial charge in [-0.25, -0.2) is 0 Å². The van der Waals surface area contributed by atoms with Crippen LogP contribution in [0.1, 0.15) is 11.1 Å². The first kappa shape index (κ1) is 22.0. The van der Waals surface area contributed by atoms with E-state index in [0.717, 1.165) is 4.90 Å². The zero-order valence-electron chi connectivity index (χ0n) is 19.2. The van der Waals surface area contributed by atoms with E-state index in [-0.39, 0.29) is 17.7 Å². The van der Waals surface area contributed by atoms with Crippen LogP contribution >= 0.6 is 0 Å². The molecule has 5 rings (SSSR count). The highest BCUT2D eigenvalue weighted by Gasteiger charge is 2.65. The largest absolute Gasteiger partial charge is 0.872 e. The van der Waals surface area contributed by atoms with Gasteiger partial charge in [0.15, 0.2) is 17.0 Å². The fourth-order valence-electron chi connectivity index (χ4n) is 4.92. The molecule has 9 heteroatoms. The molecule has 0 saturated carbocycles. The Hall–Kier alpha value is -3.85. The van der Waals surface area contributed by atoms with Gasteiger partial charge in [0.1, 0.15) is 13.2 Å². The summed E-state index contributed by atoms with van der Waals surface area (Å²) >= 11 is 0. The lowest BCUT2D eigenvalue weighted by molar-refractivity contribution is -0.857. The van der Waals surface area contributed by atoms with Gasteiger partial charge in [-0.2, -0.15) is 0 Å². The fourth-order valence-corrected chi connectivity index (χ4v) is 4.92. The summed E-state index contributed by atoms with van der Waals surface area (Å²) in [6.07, 6.45) is 0. The van der Waals surface area contributed by atoms with E-state index >= 15 is 0 Å². The molecule has 2 aromatic carbocycles. The Morgan fingerprint density at radius 2 is 1.76 bits per heavy atom. The number of ketones is 1. The fraction of sp³-hybridized carbons (Fsp3) is 0.320. The van der Waals surface area contributed by atoms with Crippen LogP contribution in [0.15, 0.2) is 48.0 Å². The van der Waals surface area contributed by atoms with Crippen molar-refractivity contribution < 1.29 is 33.9 Å². The van der Waals surface area contributed by atoms with Crippen LogP contribution in [0.3, 0.4) is 0 Å². The molecule has 3 heterocycles. The minimum Gasteiger partial charge on any atom is -0.872 e. The lowest BCUT2D eigenvalue weighted by Crippen LogP contribution is -3.06. The quantitative estimate of drug-likeness (QED) is 0.353. The van der Waals surface area contributed by atoms with Crippen LogP contribution in [0.4, 0.5) is 5.69 Å². The molecule has 1 unspecified atom stereocenters. The van der Waals surface area contributed by atoms with E-state index in [4.69, 9.17) is 9.47 Å². The highest BCUT2D eigenvalue weighted by molar-refractivity contribution is 6.49. The molecule has 9 nitrogen and oxygen atoms in total. The van der Waals surface area contributed by atoms with Crippen LogP contribution in [0, 0.1) is 0 Å². The molecule has 1 saturated heterocycles. The number of nitrogens with zero attached hydrogens (tertiary/aromatic N) is 2. The number of hydrogen-bond donors (Lipinski definition) is 1. The van der Waals surface area contributed by atoms with Gasteiger partial charge in [-0.15, -0.1) is 0 Å². The molecule has 2 aromatic rings. The van der Waals surface area contributed by atoms with Gasteiger partial charge in [-0.1, -0.05) is 30.0 Å². The lowest BCUT2D eigenvalue weighted by atomic mass is 9.82. The number of rotatable bonds is 4. The predicted octanol–water partition coefficient (Wildman–Crippen LogP) is -1.04. The van der Waals surface area contributed by atoms with Crippen molar-refractivity contribution in [2.75, 3.05) is 52.3 Å². The number of carbonyl (C=O) groups excluding carboxylic acids is 3. The summed E-state index contributed by atoms with van der Waals surface area (Å²) in [4.78, 5) is 44.3. The average molecular weight is 463 g/mol. The summed E-state index contributed by atoms with van der Waals surface area (Å²) in [6, 6.07) is 11.6. The Morgan fingerprint density at radius 1 is 1.06 bits per heavy atom. The molecule has 0 aliphatic carbocycles. The van der Waals surface area contributed by atoms with Crippen molar-refractivity contribution in [1.29, 1.82) is 0 Å². The molecule has 0 radical (unpaired) electrons. The van der Waals surface area contributed by atoms with E-state index in [2.05, 4.69) is 0 Å². The third kappa shape index (κ3) is 2.93. The van der Waals surface area contributed by atoms with E-state index in [1.165, 1.54) is 21.9 Å². The summed E-state index contributed by atoms with van der Waals surface area (Å²) in [7, 11) is 5.41. The summed E-state index contributed by atoms with van der Waals surface area (Å²) < 4.78 is 11.1. The molecule has 0 aromatic heterocycles. The zero-order chi connectivity index (χ0) is 24.2. The Labute approximate surface area is 196 Å². The molecule has 176 valence electrons. The SMILES string of the molecule is CN1C(=O)C2(/C(=C(\[O-])c3ccc4c(c3)OCCO4)C(=O)C(=O)N2CC[NH+](C)C)c2ccccc21. The monoisotopic (exact) mass is 463 g/mol. The molecule has 3 aliphatic rings. The van der Waals surface area contributed by atoms with Crippen LogP contribution in [0.2, 0.25) is 0 Å². The van der Waals surface area contributed by atoms with Gasteiger partial charge in [0.2, 0.25) is 5.78 Å². The molecule has 1 atom stereocenters. The van der Waals surface area contributed by atoms with Gasteiger partial charge >= 0.3 is 0 Å². The Bertz CT molecular complexity index is 1250. The van der Waals surface area contributed by atoms with Crippen molar-refractivity contribution in [2.45, 2.75) is 5.54 Å². The van der Waals surface area contributed by atoms with Crippen molar-refractivity contribution in [2.24, 2.45) is 0 Å².